The lowest BCUT2D eigenvalue weighted by Crippen LogP contribution is -2.06. The summed E-state index contributed by atoms with van der Waals surface area (Å²) in [7, 11) is 0. The van der Waals surface area contributed by atoms with Crippen LogP contribution in [0.1, 0.15) is 21.9 Å². The highest BCUT2D eigenvalue weighted by atomic mass is 32.1. The molecule has 0 aliphatic carbocycles. The summed E-state index contributed by atoms with van der Waals surface area (Å²) in [5.74, 6) is 0. The van der Waals surface area contributed by atoms with Crippen molar-refractivity contribution in [1.82, 2.24) is 0 Å². The SMILES string of the molecule is FC(F)(F)c1cccc(C(S)c2ccccc2)c1. The zero-order valence-corrected chi connectivity index (χ0v) is 10.2. The Morgan fingerprint density at radius 3 is 2.06 bits per heavy atom. The van der Waals surface area contributed by atoms with Crippen molar-refractivity contribution in [1.29, 1.82) is 0 Å². The quantitative estimate of drug-likeness (QED) is 0.748. The van der Waals surface area contributed by atoms with Crippen LogP contribution in [0.3, 0.4) is 0 Å². The molecule has 18 heavy (non-hydrogen) atoms. The van der Waals surface area contributed by atoms with Gasteiger partial charge in [0.1, 0.15) is 0 Å². The molecule has 2 aromatic carbocycles. The van der Waals surface area contributed by atoms with E-state index in [-0.39, 0.29) is 5.25 Å². The highest BCUT2D eigenvalue weighted by Crippen LogP contribution is 2.34. The zero-order valence-electron chi connectivity index (χ0n) is 9.35. The molecule has 1 atom stereocenters. The number of halogens is 3. The maximum atomic E-state index is 12.6. The Kier molecular flexibility index (Phi) is 3.66. The van der Waals surface area contributed by atoms with E-state index in [1.807, 2.05) is 30.3 Å². The first-order valence-corrected chi connectivity index (χ1v) is 5.90. The monoisotopic (exact) mass is 268 g/mol. The molecular formula is C14H11F3S. The standard InChI is InChI=1S/C14H11F3S/c15-14(16,17)12-8-4-7-11(9-12)13(18)10-5-2-1-3-6-10/h1-9,13,18H. The molecule has 0 aliphatic rings. The van der Waals surface area contributed by atoms with Crippen molar-refractivity contribution < 1.29 is 13.2 Å². The van der Waals surface area contributed by atoms with E-state index in [9.17, 15) is 13.2 Å². The average Bonchev–Trinajstić information content (AvgIpc) is 2.38. The number of alkyl halides is 3. The summed E-state index contributed by atoms with van der Waals surface area (Å²) < 4.78 is 37.8. The second kappa shape index (κ2) is 5.06. The third-order valence-corrected chi connectivity index (χ3v) is 3.24. The Morgan fingerprint density at radius 1 is 0.833 bits per heavy atom. The summed E-state index contributed by atoms with van der Waals surface area (Å²) in [6.45, 7) is 0. The van der Waals surface area contributed by atoms with Crippen LogP contribution in [0.25, 0.3) is 0 Å². The molecule has 0 spiro atoms. The van der Waals surface area contributed by atoms with E-state index in [4.69, 9.17) is 0 Å². The molecule has 0 fully saturated rings. The van der Waals surface area contributed by atoms with Gasteiger partial charge in [-0.15, -0.1) is 0 Å². The van der Waals surface area contributed by atoms with E-state index in [0.29, 0.717) is 5.56 Å². The van der Waals surface area contributed by atoms with Crippen molar-refractivity contribution in [2.24, 2.45) is 0 Å². The van der Waals surface area contributed by atoms with Gasteiger partial charge in [-0.05, 0) is 17.2 Å². The Balaban J connectivity index is 2.35. The minimum Gasteiger partial charge on any atom is -0.166 e. The van der Waals surface area contributed by atoms with Gasteiger partial charge in [0, 0.05) is 0 Å². The van der Waals surface area contributed by atoms with Gasteiger partial charge in [-0.2, -0.15) is 25.8 Å². The molecule has 0 N–H and O–H groups in total. The van der Waals surface area contributed by atoms with E-state index < -0.39 is 11.7 Å². The maximum absolute atomic E-state index is 12.6. The second-order valence-electron chi connectivity index (χ2n) is 3.94. The van der Waals surface area contributed by atoms with E-state index in [1.165, 1.54) is 6.07 Å². The zero-order chi connectivity index (χ0) is 13.2. The Morgan fingerprint density at radius 2 is 1.44 bits per heavy atom. The first kappa shape index (κ1) is 13.0. The number of benzene rings is 2. The van der Waals surface area contributed by atoms with Crippen LogP contribution in [0.4, 0.5) is 13.2 Å². The number of rotatable bonds is 2. The maximum Gasteiger partial charge on any atom is 0.416 e. The fourth-order valence-corrected chi connectivity index (χ4v) is 2.05. The molecular weight excluding hydrogens is 257 g/mol. The topological polar surface area (TPSA) is 0 Å². The molecule has 0 aromatic heterocycles. The Hall–Kier alpha value is -1.42. The van der Waals surface area contributed by atoms with Gasteiger partial charge < -0.3 is 0 Å². The van der Waals surface area contributed by atoms with Gasteiger partial charge in [0.15, 0.2) is 0 Å². The van der Waals surface area contributed by atoms with Crippen molar-refractivity contribution in [3.05, 3.63) is 71.3 Å². The number of hydrogen-bond acceptors (Lipinski definition) is 1. The molecule has 1 unspecified atom stereocenters. The first-order valence-electron chi connectivity index (χ1n) is 5.38. The summed E-state index contributed by atoms with van der Waals surface area (Å²) in [5, 5.41) is -0.353. The predicted molar refractivity (Wildman–Crippen MR) is 68.7 cm³/mol. The minimum atomic E-state index is -4.32. The fourth-order valence-electron chi connectivity index (χ4n) is 1.71. The van der Waals surface area contributed by atoms with E-state index in [2.05, 4.69) is 12.6 Å². The fraction of sp³-hybridized carbons (Fsp3) is 0.143. The molecule has 2 rings (SSSR count). The lowest BCUT2D eigenvalue weighted by Gasteiger charge is -2.14. The molecule has 94 valence electrons. The van der Waals surface area contributed by atoms with Gasteiger partial charge in [0.25, 0.3) is 0 Å². The summed E-state index contributed by atoms with van der Waals surface area (Å²) in [5.41, 5.74) is 0.773. The van der Waals surface area contributed by atoms with Crippen LogP contribution in [-0.4, -0.2) is 0 Å². The summed E-state index contributed by atoms with van der Waals surface area (Å²) in [6.07, 6.45) is -4.32. The minimum absolute atomic E-state index is 0.353. The van der Waals surface area contributed by atoms with Crippen molar-refractivity contribution in [2.75, 3.05) is 0 Å². The summed E-state index contributed by atoms with van der Waals surface area (Å²) in [4.78, 5) is 0. The van der Waals surface area contributed by atoms with Crippen LogP contribution in [-0.2, 0) is 6.18 Å². The molecule has 2 aromatic rings. The molecule has 0 amide bonds. The van der Waals surface area contributed by atoms with Crippen LogP contribution in [0.5, 0.6) is 0 Å². The number of thiol groups is 1. The van der Waals surface area contributed by atoms with Gasteiger partial charge >= 0.3 is 6.18 Å². The molecule has 0 saturated carbocycles. The normalized spacial score (nSPS) is 13.3. The number of hydrogen-bond donors (Lipinski definition) is 1. The molecule has 0 radical (unpaired) electrons. The van der Waals surface area contributed by atoms with Crippen LogP contribution >= 0.6 is 12.6 Å². The van der Waals surface area contributed by atoms with Crippen LogP contribution in [0, 0.1) is 0 Å². The summed E-state index contributed by atoms with van der Waals surface area (Å²) in [6, 6.07) is 14.5. The Bertz CT molecular complexity index is 520. The largest absolute Gasteiger partial charge is 0.416 e. The summed E-state index contributed by atoms with van der Waals surface area (Å²) >= 11 is 4.38. The molecule has 0 saturated heterocycles. The van der Waals surface area contributed by atoms with E-state index in [0.717, 1.165) is 17.7 Å². The third kappa shape index (κ3) is 2.88. The molecule has 0 heterocycles. The first-order chi connectivity index (χ1) is 8.48. The highest BCUT2D eigenvalue weighted by molar-refractivity contribution is 7.80. The molecule has 4 heteroatoms. The van der Waals surface area contributed by atoms with E-state index in [1.54, 1.807) is 6.07 Å². The van der Waals surface area contributed by atoms with Crippen LogP contribution < -0.4 is 0 Å². The smallest absolute Gasteiger partial charge is 0.166 e. The third-order valence-electron chi connectivity index (χ3n) is 2.65. The van der Waals surface area contributed by atoms with Gasteiger partial charge in [0.2, 0.25) is 0 Å². The van der Waals surface area contributed by atoms with Crippen molar-refractivity contribution in [3.8, 4) is 0 Å². The highest BCUT2D eigenvalue weighted by Gasteiger charge is 2.30. The molecule has 0 bridgehead atoms. The van der Waals surface area contributed by atoms with Crippen molar-refractivity contribution in [3.63, 3.8) is 0 Å². The predicted octanol–water partition coefficient (Wildman–Crippen LogP) is 4.72. The van der Waals surface area contributed by atoms with E-state index >= 15 is 0 Å². The van der Waals surface area contributed by atoms with Crippen molar-refractivity contribution >= 4 is 12.6 Å². The molecule has 0 nitrogen and oxygen atoms in total. The van der Waals surface area contributed by atoms with Crippen LogP contribution in [0.15, 0.2) is 54.6 Å². The van der Waals surface area contributed by atoms with Gasteiger partial charge in [0.05, 0.1) is 10.8 Å². The van der Waals surface area contributed by atoms with Crippen molar-refractivity contribution in [2.45, 2.75) is 11.4 Å². The van der Waals surface area contributed by atoms with Crippen LogP contribution in [0.2, 0.25) is 0 Å². The lowest BCUT2D eigenvalue weighted by molar-refractivity contribution is -0.137. The van der Waals surface area contributed by atoms with Gasteiger partial charge in [-0.3, -0.25) is 0 Å². The lowest BCUT2D eigenvalue weighted by atomic mass is 10.0. The Labute approximate surface area is 109 Å². The van der Waals surface area contributed by atoms with Gasteiger partial charge in [-0.25, -0.2) is 0 Å². The van der Waals surface area contributed by atoms with Gasteiger partial charge in [-0.1, -0.05) is 48.5 Å². The molecule has 0 aliphatic heterocycles. The second-order valence-corrected chi connectivity index (χ2v) is 4.45. The average molecular weight is 268 g/mol.